The van der Waals surface area contributed by atoms with Gasteiger partial charge in [0.2, 0.25) is 0 Å². The van der Waals surface area contributed by atoms with Gasteiger partial charge in [0.05, 0.1) is 6.10 Å². The van der Waals surface area contributed by atoms with Gasteiger partial charge >= 0.3 is 0 Å². The van der Waals surface area contributed by atoms with Crippen molar-refractivity contribution in [2.24, 2.45) is 0 Å². The molecule has 0 saturated carbocycles. The molecule has 3 heteroatoms. The highest BCUT2D eigenvalue weighted by Gasteiger charge is 2.09. The maximum absolute atomic E-state index is 12.7. The van der Waals surface area contributed by atoms with Crippen molar-refractivity contribution in [2.75, 3.05) is 6.61 Å². The monoisotopic (exact) mass is 198 g/mol. The average molecular weight is 198 g/mol. The molecular weight excluding hydrogens is 183 g/mol. The molecular formula is C11H15FO2. The van der Waals surface area contributed by atoms with E-state index in [2.05, 4.69) is 0 Å². The zero-order valence-electron chi connectivity index (χ0n) is 8.20. The highest BCUT2D eigenvalue weighted by atomic mass is 19.1. The molecule has 1 atom stereocenters. The molecule has 0 saturated heterocycles. The van der Waals surface area contributed by atoms with E-state index in [0.29, 0.717) is 12.8 Å². The highest BCUT2D eigenvalue weighted by molar-refractivity contribution is 5.28. The fraction of sp³-hybridized carbons (Fsp3) is 0.455. The Hall–Kier alpha value is -0.930. The third-order valence-electron chi connectivity index (χ3n) is 2.23. The third-order valence-corrected chi connectivity index (χ3v) is 2.23. The molecule has 2 N–H and O–H groups in total. The van der Waals surface area contributed by atoms with Gasteiger partial charge < -0.3 is 10.2 Å². The van der Waals surface area contributed by atoms with Crippen molar-refractivity contribution in [3.05, 3.63) is 35.1 Å². The minimum atomic E-state index is -0.609. The molecule has 1 unspecified atom stereocenters. The largest absolute Gasteiger partial charge is 0.396 e. The van der Waals surface area contributed by atoms with Gasteiger partial charge in [0, 0.05) is 6.61 Å². The molecule has 0 heterocycles. The Kier molecular flexibility index (Phi) is 4.04. The number of hydrogen-bond donors (Lipinski definition) is 2. The Labute approximate surface area is 83.0 Å². The molecule has 0 aliphatic carbocycles. The molecule has 0 amide bonds. The number of halogens is 1. The molecule has 0 aliphatic heterocycles. The second-order valence-electron chi connectivity index (χ2n) is 3.38. The van der Waals surface area contributed by atoms with E-state index >= 15 is 0 Å². The molecule has 0 radical (unpaired) electrons. The van der Waals surface area contributed by atoms with Crippen LogP contribution in [0, 0.1) is 12.7 Å². The Morgan fingerprint density at radius 2 is 2.14 bits per heavy atom. The predicted molar refractivity (Wildman–Crippen MR) is 52.4 cm³/mol. The summed E-state index contributed by atoms with van der Waals surface area (Å²) in [6, 6.07) is 4.33. The van der Waals surface area contributed by atoms with E-state index < -0.39 is 6.10 Å². The van der Waals surface area contributed by atoms with Gasteiger partial charge in [0.15, 0.2) is 0 Å². The van der Waals surface area contributed by atoms with E-state index in [0.717, 1.165) is 11.1 Å². The Morgan fingerprint density at radius 1 is 1.43 bits per heavy atom. The lowest BCUT2D eigenvalue weighted by Crippen LogP contribution is -2.01. The summed E-state index contributed by atoms with van der Waals surface area (Å²) in [6.07, 6.45) is 0.448. The quantitative estimate of drug-likeness (QED) is 0.776. The summed E-state index contributed by atoms with van der Waals surface area (Å²) in [5.41, 5.74) is 1.48. The van der Waals surface area contributed by atoms with Gasteiger partial charge in [-0.25, -0.2) is 4.39 Å². The zero-order valence-corrected chi connectivity index (χ0v) is 8.20. The number of aliphatic hydroxyl groups is 2. The van der Waals surface area contributed by atoms with Crippen LogP contribution < -0.4 is 0 Å². The summed E-state index contributed by atoms with van der Waals surface area (Å²) in [6.45, 7) is 1.83. The summed E-state index contributed by atoms with van der Waals surface area (Å²) < 4.78 is 12.7. The molecule has 1 rings (SSSR count). The topological polar surface area (TPSA) is 40.5 Å². The molecule has 0 bridgehead atoms. The maximum atomic E-state index is 12.7. The number of hydrogen-bond acceptors (Lipinski definition) is 2. The van der Waals surface area contributed by atoms with Crippen LogP contribution in [-0.2, 0) is 0 Å². The smallest absolute Gasteiger partial charge is 0.123 e. The number of rotatable bonds is 4. The van der Waals surface area contributed by atoms with Crippen molar-refractivity contribution in [1.29, 1.82) is 0 Å². The van der Waals surface area contributed by atoms with E-state index in [-0.39, 0.29) is 12.4 Å². The molecule has 14 heavy (non-hydrogen) atoms. The van der Waals surface area contributed by atoms with Crippen LogP contribution >= 0.6 is 0 Å². The van der Waals surface area contributed by atoms with Crippen LogP contribution in [0.2, 0.25) is 0 Å². The lowest BCUT2D eigenvalue weighted by Gasteiger charge is -2.12. The fourth-order valence-electron chi connectivity index (χ4n) is 1.45. The van der Waals surface area contributed by atoms with E-state index in [9.17, 15) is 9.50 Å². The first-order valence-corrected chi connectivity index (χ1v) is 4.70. The van der Waals surface area contributed by atoms with E-state index in [1.807, 2.05) is 0 Å². The SMILES string of the molecule is Cc1cc(F)ccc1C(O)CCCO. The Bertz CT molecular complexity index is 299. The van der Waals surface area contributed by atoms with E-state index in [4.69, 9.17) is 5.11 Å². The van der Waals surface area contributed by atoms with Gasteiger partial charge in [0.1, 0.15) is 5.82 Å². The molecule has 0 spiro atoms. The van der Waals surface area contributed by atoms with E-state index in [1.165, 1.54) is 12.1 Å². The Morgan fingerprint density at radius 3 is 2.71 bits per heavy atom. The number of aliphatic hydroxyl groups excluding tert-OH is 2. The zero-order chi connectivity index (χ0) is 10.6. The summed E-state index contributed by atoms with van der Waals surface area (Å²) in [5, 5.41) is 18.3. The van der Waals surface area contributed by atoms with Crippen LogP contribution in [0.15, 0.2) is 18.2 Å². The standard InChI is InChI=1S/C11H15FO2/c1-8-7-9(12)4-5-10(8)11(14)3-2-6-13/h4-5,7,11,13-14H,2-3,6H2,1H3. The lowest BCUT2D eigenvalue weighted by atomic mass is 10.00. The normalized spacial score (nSPS) is 12.9. The first-order chi connectivity index (χ1) is 6.65. The lowest BCUT2D eigenvalue weighted by molar-refractivity contribution is 0.151. The molecule has 0 aromatic heterocycles. The fourth-order valence-corrected chi connectivity index (χ4v) is 1.45. The van der Waals surface area contributed by atoms with Crippen molar-refractivity contribution < 1.29 is 14.6 Å². The van der Waals surface area contributed by atoms with Gasteiger partial charge in [-0.1, -0.05) is 6.07 Å². The molecule has 78 valence electrons. The second-order valence-corrected chi connectivity index (χ2v) is 3.38. The minimum absolute atomic E-state index is 0.0668. The van der Waals surface area contributed by atoms with Crippen LogP contribution in [0.1, 0.15) is 30.1 Å². The van der Waals surface area contributed by atoms with Gasteiger partial charge in [-0.05, 0) is 43.0 Å². The van der Waals surface area contributed by atoms with Gasteiger partial charge in [-0.3, -0.25) is 0 Å². The summed E-state index contributed by atoms with van der Waals surface area (Å²) in [7, 11) is 0. The number of benzene rings is 1. The molecule has 2 nitrogen and oxygen atoms in total. The van der Waals surface area contributed by atoms with E-state index in [1.54, 1.807) is 13.0 Å². The minimum Gasteiger partial charge on any atom is -0.396 e. The van der Waals surface area contributed by atoms with Crippen molar-refractivity contribution in [3.8, 4) is 0 Å². The first-order valence-electron chi connectivity index (χ1n) is 4.70. The number of aryl methyl sites for hydroxylation is 1. The third kappa shape index (κ3) is 2.79. The van der Waals surface area contributed by atoms with Crippen molar-refractivity contribution in [1.82, 2.24) is 0 Å². The average Bonchev–Trinajstić information content (AvgIpc) is 2.14. The highest BCUT2D eigenvalue weighted by Crippen LogP contribution is 2.22. The van der Waals surface area contributed by atoms with Crippen molar-refractivity contribution >= 4 is 0 Å². The van der Waals surface area contributed by atoms with Gasteiger partial charge in [-0.15, -0.1) is 0 Å². The summed E-state index contributed by atoms with van der Waals surface area (Å²) in [4.78, 5) is 0. The van der Waals surface area contributed by atoms with Crippen LogP contribution in [0.5, 0.6) is 0 Å². The molecule has 1 aromatic rings. The second kappa shape index (κ2) is 5.08. The van der Waals surface area contributed by atoms with Crippen molar-refractivity contribution in [3.63, 3.8) is 0 Å². The molecule has 0 fully saturated rings. The van der Waals surface area contributed by atoms with Crippen LogP contribution in [0.4, 0.5) is 4.39 Å². The van der Waals surface area contributed by atoms with Crippen LogP contribution in [0.3, 0.4) is 0 Å². The summed E-state index contributed by atoms with van der Waals surface area (Å²) in [5.74, 6) is -0.291. The van der Waals surface area contributed by atoms with Crippen LogP contribution in [0.25, 0.3) is 0 Å². The van der Waals surface area contributed by atoms with Gasteiger partial charge in [0.25, 0.3) is 0 Å². The Balaban J connectivity index is 2.74. The molecule has 0 aliphatic rings. The molecule has 1 aromatic carbocycles. The summed E-state index contributed by atoms with van der Waals surface area (Å²) >= 11 is 0. The predicted octanol–water partition coefficient (Wildman–Crippen LogP) is 1.94. The maximum Gasteiger partial charge on any atom is 0.123 e. The van der Waals surface area contributed by atoms with Crippen LogP contribution in [-0.4, -0.2) is 16.8 Å². The first kappa shape index (κ1) is 11.1. The van der Waals surface area contributed by atoms with Crippen molar-refractivity contribution in [2.45, 2.75) is 25.9 Å². The van der Waals surface area contributed by atoms with Gasteiger partial charge in [-0.2, -0.15) is 0 Å².